The molecule has 1 aromatic heterocycles. The Bertz CT molecular complexity index is 303. The summed E-state index contributed by atoms with van der Waals surface area (Å²) in [5, 5.41) is 10.9. The van der Waals surface area contributed by atoms with Crippen LogP contribution in [-0.2, 0) is 0 Å². The number of aromatic nitrogens is 1. The molecule has 0 unspecified atom stereocenters. The second-order valence-electron chi connectivity index (χ2n) is 1.92. The van der Waals surface area contributed by atoms with E-state index < -0.39 is 0 Å². The first-order valence-corrected chi connectivity index (χ1v) is 4.00. The molecule has 1 aromatic rings. The molecule has 5 heteroatoms. The summed E-state index contributed by atoms with van der Waals surface area (Å²) < 4.78 is 1.42. The molecule has 0 atom stereocenters. The zero-order valence-corrected chi connectivity index (χ0v) is 7.85. The average molecular weight is 233 g/mol. The van der Waals surface area contributed by atoms with E-state index in [1.54, 1.807) is 12.1 Å². The number of pyridine rings is 1. The summed E-state index contributed by atoms with van der Waals surface area (Å²) in [6.45, 7) is 0. The van der Waals surface area contributed by atoms with Gasteiger partial charge in [-0.2, -0.15) is 4.73 Å². The Kier molecular flexibility index (Phi) is 2.41. The van der Waals surface area contributed by atoms with E-state index in [1.165, 1.54) is 6.20 Å². The first-order valence-electron chi connectivity index (χ1n) is 2.80. The molecular formula is C6H5BrN2OS. The predicted octanol–water partition coefficient (Wildman–Crippen LogP) is 0.717. The van der Waals surface area contributed by atoms with Crippen molar-refractivity contribution in [1.82, 2.24) is 0 Å². The summed E-state index contributed by atoms with van der Waals surface area (Å²) in [5.41, 5.74) is 5.57. The summed E-state index contributed by atoms with van der Waals surface area (Å²) >= 11 is 7.84. The number of thiocarbonyl (C=S) groups is 1. The number of hydrogen-bond acceptors (Lipinski definition) is 2. The quantitative estimate of drug-likeness (QED) is 0.441. The molecule has 0 aromatic carbocycles. The fraction of sp³-hybridized carbons (Fsp3) is 0. The molecule has 0 bridgehead atoms. The second-order valence-corrected chi connectivity index (χ2v) is 3.28. The highest BCUT2D eigenvalue weighted by Gasteiger charge is 2.07. The van der Waals surface area contributed by atoms with Gasteiger partial charge in [0.2, 0.25) is 0 Å². The molecule has 0 saturated heterocycles. The minimum absolute atomic E-state index is 0.0984. The fourth-order valence-electron chi connectivity index (χ4n) is 0.641. The van der Waals surface area contributed by atoms with Crippen molar-refractivity contribution in [3.8, 4) is 0 Å². The van der Waals surface area contributed by atoms with Crippen molar-refractivity contribution >= 4 is 33.1 Å². The van der Waals surface area contributed by atoms with Crippen LogP contribution in [0.15, 0.2) is 22.8 Å². The zero-order chi connectivity index (χ0) is 8.43. The molecule has 0 amide bonds. The van der Waals surface area contributed by atoms with Crippen molar-refractivity contribution < 1.29 is 4.73 Å². The van der Waals surface area contributed by atoms with Crippen LogP contribution in [-0.4, -0.2) is 4.99 Å². The lowest BCUT2D eigenvalue weighted by Gasteiger charge is -2.01. The van der Waals surface area contributed by atoms with Crippen LogP contribution in [0.25, 0.3) is 0 Å². The molecule has 0 aliphatic heterocycles. The van der Waals surface area contributed by atoms with E-state index >= 15 is 0 Å². The van der Waals surface area contributed by atoms with Gasteiger partial charge in [0.15, 0.2) is 11.2 Å². The lowest BCUT2D eigenvalue weighted by Crippen LogP contribution is -2.36. The van der Waals surface area contributed by atoms with E-state index in [-0.39, 0.29) is 4.99 Å². The molecule has 0 fully saturated rings. The zero-order valence-electron chi connectivity index (χ0n) is 5.45. The summed E-state index contributed by atoms with van der Waals surface area (Å²) in [6.07, 6.45) is 1.35. The molecule has 58 valence electrons. The molecule has 3 nitrogen and oxygen atoms in total. The smallest absolute Gasteiger partial charge is 0.252 e. The largest absolute Gasteiger partial charge is 0.618 e. The average Bonchev–Trinajstić information content (AvgIpc) is 1.94. The van der Waals surface area contributed by atoms with Crippen LogP contribution >= 0.6 is 28.1 Å². The number of hydrogen-bond donors (Lipinski definition) is 1. The normalized spacial score (nSPS) is 9.55. The van der Waals surface area contributed by atoms with Crippen LogP contribution in [0.1, 0.15) is 5.69 Å². The molecule has 11 heavy (non-hydrogen) atoms. The SMILES string of the molecule is NC(=S)c1cc(Br)cc[n+]1[O-]. The topological polar surface area (TPSA) is 53.0 Å². The van der Waals surface area contributed by atoms with Gasteiger partial charge in [-0.1, -0.05) is 28.1 Å². The third kappa shape index (κ3) is 1.87. The van der Waals surface area contributed by atoms with Crippen LogP contribution in [0.2, 0.25) is 0 Å². The molecule has 0 aliphatic carbocycles. The lowest BCUT2D eigenvalue weighted by atomic mass is 10.3. The molecule has 1 rings (SSSR count). The summed E-state index contributed by atoms with van der Waals surface area (Å²) in [6, 6.07) is 3.20. The van der Waals surface area contributed by atoms with Gasteiger partial charge in [0, 0.05) is 16.6 Å². The van der Waals surface area contributed by atoms with Gasteiger partial charge in [-0.05, 0) is 0 Å². The van der Waals surface area contributed by atoms with Gasteiger partial charge < -0.3 is 10.9 Å². The minimum atomic E-state index is 0.0984. The van der Waals surface area contributed by atoms with Crippen LogP contribution in [0.5, 0.6) is 0 Å². The van der Waals surface area contributed by atoms with Crippen molar-refractivity contribution in [2.45, 2.75) is 0 Å². The van der Waals surface area contributed by atoms with Crippen molar-refractivity contribution in [1.29, 1.82) is 0 Å². The molecule has 1 heterocycles. The van der Waals surface area contributed by atoms with Crippen LogP contribution in [0.3, 0.4) is 0 Å². The lowest BCUT2D eigenvalue weighted by molar-refractivity contribution is -0.606. The summed E-state index contributed by atoms with van der Waals surface area (Å²) in [5.74, 6) is 0. The van der Waals surface area contributed by atoms with Crippen molar-refractivity contribution in [2.75, 3.05) is 0 Å². The predicted molar refractivity (Wildman–Crippen MR) is 49.0 cm³/mol. The van der Waals surface area contributed by atoms with E-state index in [1.807, 2.05) is 0 Å². The molecule has 0 spiro atoms. The second kappa shape index (κ2) is 3.15. The number of nitrogens with two attached hydrogens (primary N) is 1. The summed E-state index contributed by atoms with van der Waals surface area (Å²) in [4.78, 5) is 0.0984. The molecule has 0 aliphatic rings. The van der Waals surface area contributed by atoms with Crippen molar-refractivity contribution in [2.24, 2.45) is 5.73 Å². The monoisotopic (exact) mass is 232 g/mol. The standard InChI is InChI=1S/C6H5BrN2OS/c7-4-1-2-9(10)5(3-4)6(8)11/h1-3H,(H2,8,11). The van der Waals surface area contributed by atoms with Gasteiger partial charge in [-0.3, -0.25) is 0 Å². The maximum atomic E-state index is 10.9. The van der Waals surface area contributed by atoms with Gasteiger partial charge in [-0.25, -0.2) is 0 Å². The highest BCUT2D eigenvalue weighted by atomic mass is 79.9. The Morgan fingerprint density at radius 1 is 1.73 bits per heavy atom. The van der Waals surface area contributed by atoms with Crippen LogP contribution < -0.4 is 10.5 Å². The van der Waals surface area contributed by atoms with Crippen LogP contribution in [0, 0.1) is 5.21 Å². The van der Waals surface area contributed by atoms with Gasteiger partial charge in [0.1, 0.15) is 0 Å². The van der Waals surface area contributed by atoms with Gasteiger partial charge >= 0.3 is 0 Å². The molecule has 2 N–H and O–H groups in total. The number of nitrogens with zero attached hydrogens (tertiary/aromatic N) is 1. The Balaban J connectivity index is 3.23. The minimum Gasteiger partial charge on any atom is -0.618 e. The Hall–Kier alpha value is -0.680. The van der Waals surface area contributed by atoms with Crippen molar-refractivity contribution in [3.63, 3.8) is 0 Å². The van der Waals surface area contributed by atoms with Crippen LogP contribution in [0.4, 0.5) is 0 Å². The molecule has 0 saturated carbocycles. The van der Waals surface area contributed by atoms with Gasteiger partial charge in [0.25, 0.3) is 5.69 Å². The van der Waals surface area contributed by atoms with E-state index in [0.29, 0.717) is 10.4 Å². The van der Waals surface area contributed by atoms with Gasteiger partial charge in [0.05, 0.1) is 0 Å². The maximum absolute atomic E-state index is 10.9. The molecule has 0 radical (unpaired) electrons. The first-order chi connectivity index (χ1) is 5.11. The fourth-order valence-corrected chi connectivity index (χ4v) is 1.13. The maximum Gasteiger partial charge on any atom is 0.252 e. The highest BCUT2D eigenvalue weighted by molar-refractivity contribution is 9.10. The van der Waals surface area contributed by atoms with E-state index in [0.717, 1.165) is 4.47 Å². The third-order valence-electron chi connectivity index (χ3n) is 1.13. The first kappa shape index (κ1) is 8.42. The van der Waals surface area contributed by atoms with Gasteiger partial charge in [-0.15, -0.1) is 0 Å². The molecular weight excluding hydrogens is 228 g/mol. The Labute approximate surface area is 77.5 Å². The van der Waals surface area contributed by atoms with Crippen molar-refractivity contribution in [3.05, 3.63) is 33.7 Å². The highest BCUT2D eigenvalue weighted by Crippen LogP contribution is 2.07. The van der Waals surface area contributed by atoms with E-state index in [9.17, 15) is 5.21 Å². The number of halogens is 1. The van der Waals surface area contributed by atoms with E-state index in [4.69, 9.17) is 5.73 Å². The third-order valence-corrected chi connectivity index (χ3v) is 1.84. The summed E-state index contributed by atoms with van der Waals surface area (Å²) in [7, 11) is 0. The number of rotatable bonds is 1. The van der Waals surface area contributed by atoms with E-state index in [2.05, 4.69) is 28.1 Å². The Morgan fingerprint density at radius 3 is 2.82 bits per heavy atom. The Morgan fingerprint density at radius 2 is 2.36 bits per heavy atom.